The normalized spacial score (nSPS) is 20.1. The molecule has 4 N–H and O–H groups in total. The second-order valence-electron chi connectivity index (χ2n) is 4.24. The predicted molar refractivity (Wildman–Crippen MR) is 59.4 cm³/mol. The zero-order valence-corrected chi connectivity index (χ0v) is 8.74. The maximum absolute atomic E-state index is 10.3. The highest BCUT2D eigenvalue weighted by atomic mass is 16.3. The molecule has 0 spiro atoms. The molecule has 0 bridgehead atoms. The Bertz CT molecular complexity index is 334. The Kier molecular flexibility index (Phi) is 2.88. The summed E-state index contributed by atoms with van der Waals surface area (Å²) >= 11 is 0. The zero-order valence-electron chi connectivity index (χ0n) is 8.74. The van der Waals surface area contributed by atoms with Crippen LogP contribution in [-0.4, -0.2) is 28.8 Å². The van der Waals surface area contributed by atoms with Crippen LogP contribution in [0.4, 0.5) is 5.82 Å². The van der Waals surface area contributed by atoms with Crippen molar-refractivity contribution in [3.63, 3.8) is 0 Å². The van der Waals surface area contributed by atoms with Gasteiger partial charge in [0.05, 0.1) is 5.60 Å². The molecule has 4 nitrogen and oxygen atoms in total. The van der Waals surface area contributed by atoms with Gasteiger partial charge in [0, 0.05) is 12.6 Å². The Labute approximate surface area is 89.5 Å². The van der Waals surface area contributed by atoms with E-state index in [9.17, 15) is 5.11 Å². The van der Waals surface area contributed by atoms with Gasteiger partial charge in [0.25, 0.3) is 0 Å². The van der Waals surface area contributed by atoms with Crippen molar-refractivity contribution in [2.75, 3.05) is 18.8 Å². The van der Waals surface area contributed by atoms with Gasteiger partial charge in [-0.25, -0.2) is 4.98 Å². The number of piperidine rings is 1. The second kappa shape index (κ2) is 4.16. The van der Waals surface area contributed by atoms with Gasteiger partial charge in [-0.05, 0) is 43.6 Å². The highest BCUT2D eigenvalue weighted by Gasteiger charge is 2.29. The van der Waals surface area contributed by atoms with Crippen LogP contribution in [0.2, 0.25) is 0 Å². The van der Waals surface area contributed by atoms with Crippen molar-refractivity contribution in [3.05, 3.63) is 23.9 Å². The monoisotopic (exact) mass is 207 g/mol. The number of nitrogen functional groups attached to an aromatic ring is 1. The minimum atomic E-state index is -0.570. The molecule has 1 aromatic rings. The number of nitrogens with zero attached hydrogens (tertiary/aromatic N) is 1. The molecule has 0 amide bonds. The van der Waals surface area contributed by atoms with Crippen molar-refractivity contribution in [1.29, 1.82) is 0 Å². The number of nitrogens with two attached hydrogens (primary N) is 1. The van der Waals surface area contributed by atoms with Gasteiger partial charge >= 0.3 is 0 Å². The van der Waals surface area contributed by atoms with E-state index >= 15 is 0 Å². The molecule has 2 heterocycles. The highest BCUT2D eigenvalue weighted by Crippen LogP contribution is 2.23. The van der Waals surface area contributed by atoms with E-state index in [2.05, 4.69) is 10.3 Å². The van der Waals surface area contributed by atoms with Crippen LogP contribution in [0.1, 0.15) is 18.4 Å². The molecule has 1 aromatic heterocycles. The summed E-state index contributed by atoms with van der Waals surface area (Å²) in [7, 11) is 0. The molecule has 15 heavy (non-hydrogen) atoms. The van der Waals surface area contributed by atoms with Gasteiger partial charge in [-0.1, -0.05) is 0 Å². The zero-order chi connectivity index (χ0) is 10.7. The molecule has 0 radical (unpaired) electrons. The first kappa shape index (κ1) is 10.4. The lowest BCUT2D eigenvalue weighted by Gasteiger charge is -2.32. The topological polar surface area (TPSA) is 71.2 Å². The van der Waals surface area contributed by atoms with Gasteiger partial charge < -0.3 is 16.2 Å². The lowest BCUT2D eigenvalue weighted by atomic mass is 9.86. The summed E-state index contributed by atoms with van der Waals surface area (Å²) in [4.78, 5) is 3.94. The average molecular weight is 207 g/mol. The summed E-state index contributed by atoms with van der Waals surface area (Å²) < 4.78 is 0. The van der Waals surface area contributed by atoms with Crippen LogP contribution in [0.5, 0.6) is 0 Å². The molecule has 1 aliphatic rings. The maximum atomic E-state index is 10.3. The summed E-state index contributed by atoms with van der Waals surface area (Å²) in [5.74, 6) is 0.519. The van der Waals surface area contributed by atoms with Crippen LogP contribution in [0, 0.1) is 0 Å². The SMILES string of the molecule is Nc1cc(CC2(O)CCNCC2)ccn1. The molecule has 0 saturated carbocycles. The van der Waals surface area contributed by atoms with E-state index in [0.29, 0.717) is 12.2 Å². The largest absolute Gasteiger partial charge is 0.389 e. The van der Waals surface area contributed by atoms with Crippen molar-refractivity contribution in [2.24, 2.45) is 0 Å². The molecule has 4 heteroatoms. The molecule has 1 aliphatic heterocycles. The summed E-state index contributed by atoms with van der Waals surface area (Å²) in [5.41, 5.74) is 6.09. The van der Waals surface area contributed by atoms with Crippen LogP contribution < -0.4 is 11.1 Å². The number of aromatic nitrogens is 1. The van der Waals surface area contributed by atoms with Gasteiger partial charge in [0.1, 0.15) is 5.82 Å². The standard InChI is InChI=1S/C11H17N3O/c12-10-7-9(1-4-14-10)8-11(15)2-5-13-6-3-11/h1,4,7,13,15H,2-3,5-6,8H2,(H2,12,14). The van der Waals surface area contributed by atoms with E-state index in [1.54, 1.807) is 6.20 Å². The summed E-state index contributed by atoms with van der Waals surface area (Å²) in [5, 5.41) is 13.6. The lowest BCUT2D eigenvalue weighted by Crippen LogP contribution is -2.43. The Morgan fingerprint density at radius 1 is 1.47 bits per heavy atom. The fraction of sp³-hybridized carbons (Fsp3) is 0.545. The summed E-state index contributed by atoms with van der Waals surface area (Å²) in [6.45, 7) is 1.77. The smallest absolute Gasteiger partial charge is 0.123 e. The van der Waals surface area contributed by atoms with E-state index in [4.69, 9.17) is 5.73 Å². The van der Waals surface area contributed by atoms with E-state index in [1.165, 1.54) is 0 Å². The van der Waals surface area contributed by atoms with Crippen LogP contribution in [0.3, 0.4) is 0 Å². The molecule has 0 atom stereocenters. The third-order valence-electron chi connectivity index (χ3n) is 2.91. The van der Waals surface area contributed by atoms with E-state index < -0.39 is 5.60 Å². The number of hydrogen-bond acceptors (Lipinski definition) is 4. The van der Waals surface area contributed by atoms with Gasteiger partial charge in [-0.2, -0.15) is 0 Å². The highest BCUT2D eigenvalue weighted by molar-refractivity contribution is 5.32. The van der Waals surface area contributed by atoms with Gasteiger partial charge in [0.2, 0.25) is 0 Å². The van der Waals surface area contributed by atoms with Crippen LogP contribution in [0.25, 0.3) is 0 Å². The molecule has 1 saturated heterocycles. The van der Waals surface area contributed by atoms with Gasteiger partial charge in [0.15, 0.2) is 0 Å². The molecule has 0 aromatic carbocycles. The summed E-state index contributed by atoms with van der Waals surface area (Å²) in [6.07, 6.45) is 3.96. The third kappa shape index (κ3) is 2.67. The fourth-order valence-electron chi connectivity index (χ4n) is 2.05. The first-order valence-electron chi connectivity index (χ1n) is 5.31. The van der Waals surface area contributed by atoms with E-state index in [-0.39, 0.29) is 0 Å². The van der Waals surface area contributed by atoms with Gasteiger partial charge in [-0.15, -0.1) is 0 Å². The van der Waals surface area contributed by atoms with Crippen LogP contribution >= 0.6 is 0 Å². The van der Waals surface area contributed by atoms with E-state index in [1.807, 2.05) is 12.1 Å². The number of anilines is 1. The molecule has 82 valence electrons. The Hall–Kier alpha value is -1.13. The number of rotatable bonds is 2. The van der Waals surface area contributed by atoms with E-state index in [0.717, 1.165) is 31.5 Å². The quantitative estimate of drug-likeness (QED) is 0.653. The Morgan fingerprint density at radius 3 is 2.87 bits per heavy atom. The molecule has 2 rings (SSSR count). The minimum Gasteiger partial charge on any atom is -0.389 e. The van der Waals surface area contributed by atoms with Crippen LogP contribution in [-0.2, 0) is 6.42 Å². The van der Waals surface area contributed by atoms with Crippen molar-refractivity contribution in [3.8, 4) is 0 Å². The fourth-order valence-corrected chi connectivity index (χ4v) is 2.05. The molecule has 0 unspecified atom stereocenters. The first-order chi connectivity index (χ1) is 7.18. The second-order valence-corrected chi connectivity index (χ2v) is 4.24. The van der Waals surface area contributed by atoms with Crippen molar-refractivity contribution >= 4 is 5.82 Å². The van der Waals surface area contributed by atoms with Gasteiger partial charge in [-0.3, -0.25) is 0 Å². The van der Waals surface area contributed by atoms with Crippen molar-refractivity contribution in [1.82, 2.24) is 10.3 Å². The summed E-state index contributed by atoms with van der Waals surface area (Å²) in [6, 6.07) is 3.75. The Morgan fingerprint density at radius 2 is 2.20 bits per heavy atom. The lowest BCUT2D eigenvalue weighted by molar-refractivity contribution is 0.0109. The minimum absolute atomic E-state index is 0.519. The van der Waals surface area contributed by atoms with Crippen molar-refractivity contribution in [2.45, 2.75) is 24.9 Å². The van der Waals surface area contributed by atoms with Crippen molar-refractivity contribution < 1.29 is 5.11 Å². The maximum Gasteiger partial charge on any atom is 0.123 e. The molecular weight excluding hydrogens is 190 g/mol. The Balaban J connectivity index is 2.06. The van der Waals surface area contributed by atoms with Crippen LogP contribution in [0.15, 0.2) is 18.3 Å². The molecular formula is C11H17N3O. The predicted octanol–water partition coefficient (Wildman–Crippen LogP) is 0.321. The molecule has 0 aliphatic carbocycles. The number of nitrogens with one attached hydrogen (secondary N) is 1. The number of hydrogen-bond donors (Lipinski definition) is 3. The number of aliphatic hydroxyl groups is 1. The average Bonchev–Trinajstić information content (AvgIpc) is 2.18. The first-order valence-corrected chi connectivity index (χ1v) is 5.31. The molecule has 1 fully saturated rings. The third-order valence-corrected chi connectivity index (χ3v) is 2.91. The number of pyridine rings is 1.